The van der Waals surface area contributed by atoms with Gasteiger partial charge in [-0.05, 0) is 26.5 Å². The summed E-state index contributed by atoms with van der Waals surface area (Å²) < 4.78 is 0. The van der Waals surface area contributed by atoms with Crippen LogP contribution in [-0.2, 0) is 6.54 Å². The standard InChI is InChI=1S/C16H28N4/c1-14(2)19(4)12-11-18-16(17-3)20(5)13-15-9-7-6-8-10-15/h6-10,14H,11-13H2,1-5H3,(H,17,18). The van der Waals surface area contributed by atoms with Gasteiger partial charge in [-0.15, -0.1) is 0 Å². The Kier molecular flexibility index (Phi) is 7.09. The predicted molar refractivity (Wildman–Crippen MR) is 87.0 cm³/mol. The zero-order valence-electron chi connectivity index (χ0n) is 13.4. The number of rotatable bonds is 6. The van der Waals surface area contributed by atoms with Crippen LogP contribution in [0.2, 0.25) is 0 Å². The van der Waals surface area contributed by atoms with Gasteiger partial charge < -0.3 is 15.1 Å². The van der Waals surface area contributed by atoms with Gasteiger partial charge in [0.15, 0.2) is 5.96 Å². The maximum atomic E-state index is 4.34. The van der Waals surface area contributed by atoms with Crippen LogP contribution in [0.1, 0.15) is 19.4 Å². The Hall–Kier alpha value is -1.55. The number of guanidine groups is 1. The highest BCUT2D eigenvalue weighted by Gasteiger charge is 2.07. The van der Waals surface area contributed by atoms with E-state index in [4.69, 9.17) is 0 Å². The van der Waals surface area contributed by atoms with Crippen molar-refractivity contribution in [1.29, 1.82) is 0 Å². The predicted octanol–water partition coefficient (Wildman–Crippen LogP) is 2.03. The van der Waals surface area contributed by atoms with Gasteiger partial charge in [0, 0.05) is 39.8 Å². The van der Waals surface area contributed by atoms with Crippen LogP contribution in [0, 0.1) is 0 Å². The molecule has 4 nitrogen and oxygen atoms in total. The number of hydrogen-bond acceptors (Lipinski definition) is 2. The monoisotopic (exact) mass is 276 g/mol. The Morgan fingerprint density at radius 3 is 2.40 bits per heavy atom. The van der Waals surface area contributed by atoms with Crippen molar-refractivity contribution in [2.24, 2.45) is 4.99 Å². The van der Waals surface area contributed by atoms with Gasteiger partial charge in [0.2, 0.25) is 0 Å². The summed E-state index contributed by atoms with van der Waals surface area (Å²) in [5.41, 5.74) is 1.29. The van der Waals surface area contributed by atoms with E-state index in [2.05, 4.69) is 72.3 Å². The summed E-state index contributed by atoms with van der Waals surface area (Å²) in [5.74, 6) is 0.936. The first-order valence-corrected chi connectivity index (χ1v) is 7.20. The van der Waals surface area contributed by atoms with Crippen molar-refractivity contribution in [3.63, 3.8) is 0 Å². The molecule has 0 aliphatic carbocycles. The molecule has 1 rings (SSSR count). The average molecular weight is 276 g/mol. The topological polar surface area (TPSA) is 30.9 Å². The van der Waals surface area contributed by atoms with E-state index in [1.807, 2.05) is 13.1 Å². The Morgan fingerprint density at radius 2 is 1.85 bits per heavy atom. The van der Waals surface area contributed by atoms with Gasteiger partial charge in [0.1, 0.15) is 0 Å². The molecule has 1 aromatic rings. The molecule has 0 aromatic heterocycles. The van der Waals surface area contributed by atoms with Crippen LogP contribution in [0.3, 0.4) is 0 Å². The van der Waals surface area contributed by atoms with Crippen LogP contribution >= 0.6 is 0 Å². The third-order valence-electron chi connectivity index (χ3n) is 3.47. The first-order chi connectivity index (χ1) is 9.54. The molecule has 1 aromatic carbocycles. The van der Waals surface area contributed by atoms with Gasteiger partial charge in [-0.2, -0.15) is 0 Å². The molecule has 0 saturated carbocycles. The highest BCUT2D eigenvalue weighted by Crippen LogP contribution is 2.02. The van der Waals surface area contributed by atoms with Crippen molar-refractivity contribution < 1.29 is 0 Å². The van der Waals surface area contributed by atoms with Crippen molar-refractivity contribution in [3.05, 3.63) is 35.9 Å². The number of benzene rings is 1. The zero-order valence-corrected chi connectivity index (χ0v) is 13.4. The second kappa shape index (κ2) is 8.59. The first-order valence-electron chi connectivity index (χ1n) is 7.20. The van der Waals surface area contributed by atoms with Crippen LogP contribution in [-0.4, -0.2) is 56.0 Å². The molecule has 0 atom stereocenters. The van der Waals surface area contributed by atoms with Crippen molar-refractivity contribution in [2.75, 3.05) is 34.2 Å². The third kappa shape index (κ3) is 5.61. The fourth-order valence-electron chi connectivity index (χ4n) is 1.92. The lowest BCUT2D eigenvalue weighted by Gasteiger charge is -2.25. The largest absolute Gasteiger partial charge is 0.355 e. The molecule has 0 heterocycles. The molecule has 112 valence electrons. The molecule has 4 heteroatoms. The molecule has 0 aliphatic heterocycles. The maximum Gasteiger partial charge on any atom is 0.193 e. The molecule has 1 N–H and O–H groups in total. The molecule has 0 unspecified atom stereocenters. The first kappa shape index (κ1) is 16.5. The van der Waals surface area contributed by atoms with E-state index in [9.17, 15) is 0 Å². The van der Waals surface area contributed by atoms with E-state index in [1.54, 1.807) is 0 Å². The van der Waals surface area contributed by atoms with E-state index in [-0.39, 0.29) is 0 Å². The number of likely N-dealkylation sites (N-methyl/N-ethyl adjacent to an activating group) is 1. The quantitative estimate of drug-likeness (QED) is 0.637. The third-order valence-corrected chi connectivity index (χ3v) is 3.47. The zero-order chi connectivity index (χ0) is 15.0. The van der Waals surface area contributed by atoms with Gasteiger partial charge in [-0.3, -0.25) is 4.99 Å². The minimum atomic E-state index is 0.570. The second-order valence-corrected chi connectivity index (χ2v) is 5.39. The molecule has 0 saturated heterocycles. The smallest absolute Gasteiger partial charge is 0.193 e. The van der Waals surface area contributed by atoms with E-state index in [0.717, 1.165) is 25.6 Å². The summed E-state index contributed by atoms with van der Waals surface area (Å²) in [7, 11) is 6.03. The van der Waals surface area contributed by atoms with E-state index in [0.29, 0.717) is 6.04 Å². The lowest BCUT2D eigenvalue weighted by atomic mass is 10.2. The van der Waals surface area contributed by atoms with E-state index in [1.165, 1.54) is 5.56 Å². The summed E-state index contributed by atoms with van der Waals surface area (Å²) in [6, 6.07) is 11.0. The highest BCUT2D eigenvalue weighted by molar-refractivity contribution is 5.79. The molecular formula is C16H28N4. The summed E-state index contributed by atoms with van der Waals surface area (Å²) in [6.45, 7) is 7.18. The van der Waals surface area contributed by atoms with Gasteiger partial charge in [-0.1, -0.05) is 30.3 Å². The maximum absolute atomic E-state index is 4.34. The molecule has 0 amide bonds. The van der Waals surface area contributed by atoms with E-state index >= 15 is 0 Å². The Morgan fingerprint density at radius 1 is 1.20 bits per heavy atom. The number of nitrogens with zero attached hydrogens (tertiary/aromatic N) is 3. The van der Waals surface area contributed by atoms with E-state index < -0.39 is 0 Å². The molecule has 0 radical (unpaired) electrons. The lowest BCUT2D eigenvalue weighted by molar-refractivity contribution is 0.277. The second-order valence-electron chi connectivity index (χ2n) is 5.39. The van der Waals surface area contributed by atoms with Crippen molar-refractivity contribution in [1.82, 2.24) is 15.1 Å². The van der Waals surface area contributed by atoms with Crippen LogP contribution in [0.25, 0.3) is 0 Å². The normalized spacial score (nSPS) is 12.1. The fourth-order valence-corrected chi connectivity index (χ4v) is 1.92. The summed E-state index contributed by atoms with van der Waals surface area (Å²) in [6.07, 6.45) is 0. The van der Waals surface area contributed by atoms with Crippen LogP contribution < -0.4 is 5.32 Å². The molecule has 0 aliphatic rings. The Bertz CT molecular complexity index is 400. The van der Waals surface area contributed by atoms with Gasteiger partial charge in [-0.25, -0.2) is 0 Å². The number of nitrogens with one attached hydrogen (secondary N) is 1. The molecule has 20 heavy (non-hydrogen) atoms. The van der Waals surface area contributed by atoms with Crippen LogP contribution in [0.5, 0.6) is 0 Å². The van der Waals surface area contributed by atoms with Crippen LogP contribution in [0.4, 0.5) is 0 Å². The average Bonchev–Trinajstić information content (AvgIpc) is 2.44. The highest BCUT2D eigenvalue weighted by atomic mass is 15.3. The van der Waals surface area contributed by atoms with Gasteiger partial charge >= 0.3 is 0 Å². The molecule has 0 fully saturated rings. The van der Waals surface area contributed by atoms with Gasteiger partial charge in [0.25, 0.3) is 0 Å². The van der Waals surface area contributed by atoms with Gasteiger partial charge in [0.05, 0.1) is 0 Å². The minimum Gasteiger partial charge on any atom is -0.355 e. The minimum absolute atomic E-state index is 0.570. The van der Waals surface area contributed by atoms with Crippen molar-refractivity contribution in [2.45, 2.75) is 26.4 Å². The Balaban J connectivity index is 2.42. The fraction of sp³-hybridized carbons (Fsp3) is 0.562. The summed E-state index contributed by atoms with van der Waals surface area (Å²) in [5, 5.41) is 3.41. The van der Waals surface area contributed by atoms with Crippen molar-refractivity contribution in [3.8, 4) is 0 Å². The summed E-state index contributed by atoms with van der Waals surface area (Å²) in [4.78, 5) is 8.80. The molecule has 0 spiro atoms. The van der Waals surface area contributed by atoms with Crippen LogP contribution in [0.15, 0.2) is 35.3 Å². The number of hydrogen-bond donors (Lipinski definition) is 1. The molecular weight excluding hydrogens is 248 g/mol. The molecule has 0 bridgehead atoms. The lowest BCUT2D eigenvalue weighted by Crippen LogP contribution is -2.42. The Labute approximate surface area is 123 Å². The SMILES string of the molecule is CN=C(NCCN(C)C(C)C)N(C)Cc1ccccc1. The number of aliphatic imine (C=N–C) groups is 1. The van der Waals surface area contributed by atoms with Crippen molar-refractivity contribution >= 4 is 5.96 Å². The summed E-state index contributed by atoms with van der Waals surface area (Å²) >= 11 is 0.